The number of halogens is 1. The number of benzene rings is 4. The van der Waals surface area contributed by atoms with Crippen LogP contribution >= 0.6 is 11.6 Å². The topological polar surface area (TPSA) is 108 Å². The number of aromatic hydroxyl groups is 1. The van der Waals surface area contributed by atoms with Crippen molar-refractivity contribution in [2.75, 3.05) is 18.0 Å². The summed E-state index contributed by atoms with van der Waals surface area (Å²) in [5, 5.41) is 15.5. The molecule has 8 heteroatoms. The summed E-state index contributed by atoms with van der Waals surface area (Å²) in [6.45, 7) is 0.788. The molecule has 0 aliphatic heterocycles. The Bertz CT molecular complexity index is 1420. The van der Waals surface area contributed by atoms with Gasteiger partial charge in [-0.2, -0.15) is 5.10 Å². The minimum absolute atomic E-state index is 0.0435. The first-order chi connectivity index (χ1) is 17.5. The Morgan fingerprint density at radius 3 is 2.42 bits per heavy atom. The smallest absolute Gasteiger partial charge is 0.271 e. The molecule has 0 unspecified atom stereocenters. The van der Waals surface area contributed by atoms with Gasteiger partial charge < -0.3 is 15.7 Å². The van der Waals surface area contributed by atoms with Crippen LogP contribution < -0.4 is 16.1 Å². The number of phenols is 1. The van der Waals surface area contributed by atoms with E-state index in [1.54, 1.807) is 11.1 Å². The molecule has 0 aromatic heterocycles. The summed E-state index contributed by atoms with van der Waals surface area (Å²) in [7, 11) is 0. The lowest BCUT2D eigenvalue weighted by Crippen LogP contribution is -2.36. The van der Waals surface area contributed by atoms with Crippen LogP contribution in [-0.2, 0) is 11.2 Å². The zero-order valence-electron chi connectivity index (χ0n) is 19.4. The molecule has 0 bridgehead atoms. The zero-order chi connectivity index (χ0) is 25.5. The molecule has 4 rings (SSSR count). The minimum Gasteiger partial charge on any atom is -0.506 e. The van der Waals surface area contributed by atoms with Crippen LogP contribution in [0.1, 0.15) is 21.5 Å². The molecule has 0 saturated heterocycles. The van der Waals surface area contributed by atoms with Gasteiger partial charge in [-0.1, -0.05) is 66.2 Å². The van der Waals surface area contributed by atoms with Crippen molar-refractivity contribution in [2.24, 2.45) is 10.8 Å². The van der Waals surface area contributed by atoms with Gasteiger partial charge in [0.05, 0.1) is 17.7 Å². The standard InChI is InChI=1S/C28H25ClN4O3/c29-25-16-20(12-13-26(25)34)28(36)32-31-18-21-11-10-19(23-8-4-5-9-24(21)23)17-27(35)33(15-14-30)22-6-2-1-3-7-22/h1-13,16,18,34H,14-15,17,30H2,(H,32,36)/b31-18+. The first-order valence-electron chi connectivity index (χ1n) is 11.4. The highest BCUT2D eigenvalue weighted by Gasteiger charge is 2.17. The molecule has 36 heavy (non-hydrogen) atoms. The van der Waals surface area contributed by atoms with Gasteiger partial charge in [-0.25, -0.2) is 5.43 Å². The number of hydrogen-bond donors (Lipinski definition) is 3. The summed E-state index contributed by atoms with van der Waals surface area (Å²) >= 11 is 5.87. The Morgan fingerprint density at radius 2 is 1.69 bits per heavy atom. The summed E-state index contributed by atoms with van der Waals surface area (Å²) in [5.74, 6) is -0.602. The van der Waals surface area contributed by atoms with Crippen LogP contribution in [0.15, 0.2) is 90.0 Å². The number of hydrazone groups is 1. The molecule has 0 heterocycles. The highest BCUT2D eigenvalue weighted by molar-refractivity contribution is 6.32. The average Bonchev–Trinajstić information content (AvgIpc) is 2.90. The van der Waals surface area contributed by atoms with Crippen molar-refractivity contribution in [2.45, 2.75) is 6.42 Å². The van der Waals surface area contributed by atoms with E-state index in [4.69, 9.17) is 17.3 Å². The number of hydrogen-bond acceptors (Lipinski definition) is 5. The molecule has 0 radical (unpaired) electrons. The van der Waals surface area contributed by atoms with E-state index in [-0.39, 0.29) is 28.7 Å². The summed E-state index contributed by atoms with van der Waals surface area (Å²) < 4.78 is 0. The van der Waals surface area contributed by atoms with Gasteiger partial charge in [0.25, 0.3) is 5.91 Å². The predicted octanol–water partition coefficient (Wildman–Crippen LogP) is 4.50. The lowest BCUT2D eigenvalue weighted by Gasteiger charge is -2.22. The predicted molar refractivity (Wildman–Crippen MR) is 144 cm³/mol. The number of nitrogens with two attached hydrogens (primary N) is 1. The summed E-state index contributed by atoms with van der Waals surface area (Å²) in [6, 6.07) is 25.2. The van der Waals surface area contributed by atoms with Gasteiger partial charge in [0.1, 0.15) is 5.75 Å². The molecular weight excluding hydrogens is 476 g/mol. The number of rotatable bonds is 8. The van der Waals surface area contributed by atoms with Crippen molar-refractivity contribution >= 4 is 46.1 Å². The fraction of sp³-hybridized carbons (Fsp3) is 0.107. The number of anilines is 1. The molecule has 0 spiro atoms. The van der Waals surface area contributed by atoms with Crippen LogP contribution in [0, 0.1) is 0 Å². The van der Waals surface area contributed by atoms with Gasteiger partial charge in [0.15, 0.2) is 0 Å². The molecule has 2 amide bonds. The van der Waals surface area contributed by atoms with Crippen LogP contribution in [0.3, 0.4) is 0 Å². The summed E-state index contributed by atoms with van der Waals surface area (Å²) in [4.78, 5) is 27.3. The van der Waals surface area contributed by atoms with Gasteiger partial charge in [-0.15, -0.1) is 0 Å². The normalized spacial score (nSPS) is 11.1. The van der Waals surface area contributed by atoms with Crippen molar-refractivity contribution in [1.82, 2.24) is 5.43 Å². The van der Waals surface area contributed by atoms with Gasteiger partial charge >= 0.3 is 0 Å². The molecule has 0 saturated carbocycles. The quantitative estimate of drug-likeness (QED) is 0.244. The van der Waals surface area contributed by atoms with Crippen LogP contribution in [0.4, 0.5) is 5.69 Å². The number of nitrogens with zero attached hydrogens (tertiary/aromatic N) is 2. The minimum atomic E-state index is -0.458. The largest absolute Gasteiger partial charge is 0.506 e. The lowest BCUT2D eigenvalue weighted by molar-refractivity contribution is -0.117. The highest BCUT2D eigenvalue weighted by Crippen LogP contribution is 2.25. The monoisotopic (exact) mass is 500 g/mol. The second kappa shape index (κ2) is 11.5. The number of carbonyl (C=O) groups excluding carboxylic acids is 2. The Labute approximate surface area is 213 Å². The van der Waals surface area contributed by atoms with E-state index in [1.165, 1.54) is 18.2 Å². The number of nitrogens with one attached hydrogen (secondary N) is 1. The van der Waals surface area contributed by atoms with Gasteiger partial charge in [0.2, 0.25) is 5.91 Å². The summed E-state index contributed by atoms with van der Waals surface area (Å²) in [6.07, 6.45) is 1.77. The van der Waals surface area contributed by atoms with Crippen molar-refractivity contribution in [3.63, 3.8) is 0 Å². The fourth-order valence-corrected chi connectivity index (χ4v) is 4.10. The maximum Gasteiger partial charge on any atom is 0.271 e. The Balaban J connectivity index is 1.54. The van der Waals surface area contributed by atoms with Gasteiger partial charge in [-0.3, -0.25) is 9.59 Å². The Morgan fingerprint density at radius 1 is 0.972 bits per heavy atom. The van der Waals surface area contributed by atoms with E-state index in [0.717, 1.165) is 27.6 Å². The van der Waals surface area contributed by atoms with E-state index in [0.29, 0.717) is 13.1 Å². The number of amides is 2. The molecule has 0 atom stereocenters. The maximum atomic E-state index is 13.2. The van der Waals surface area contributed by atoms with Crippen LogP contribution in [0.25, 0.3) is 10.8 Å². The Kier molecular flexibility index (Phi) is 7.95. The van der Waals surface area contributed by atoms with Crippen LogP contribution in [0.5, 0.6) is 5.75 Å². The number of para-hydroxylation sites is 1. The number of fused-ring (bicyclic) bond motifs is 1. The van der Waals surface area contributed by atoms with Crippen LogP contribution in [-0.4, -0.2) is 36.2 Å². The molecule has 0 aliphatic carbocycles. The van der Waals surface area contributed by atoms with E-state index in [1.807, 2.05) is 66.7 Å². The van der Waals surface area contributed by atoms with Crippen molar-refractivity contribution < 1.29 is 14.7 Å². The third-order valence-corrected chi connectivity index (χ3v) is 5.99. The molecule has 4 N–H and O–H groups in total. The van der Waals surface area contributed by atoms with Crippen molar-refractivity contribution in [3.05, 3.63) is 107 Å². The first kappa shape index (κ1) is 24.9. The van der Waals surface area contributed by atoms with E-state index in [9.17, 15) is 14.7 Å². The maximum absolute atomic E-state index is 13.2. The van der Waals surface area contributed by atoms with Crippen molar-refractivity contribution in [3.8, 4) is 5.75 Å². The Hall–Kier alpha value is -4.20. The van der Waals surface area contributed by atoms with Gasteiger partial charge in [-0.05, 0) is 46.7 Å². The third-order valence-electron chi connectivity index (χ3n) is 5.69. The SMILES string of the molecule is NCCN(C(=O)Cc1ccc(/C=N/NC(=O)c2ccc(O)c(Cl)c2)c2ccccc12)c1ccccc1. The molecular formula is C28H25ClN4O3. The third kappa shape index (κ3) is 5.71. The molecule has 182 valence electrons. The number of carbonyl (C=O) groups is 2. The first-order valence-corrected chi connectivity index (χ1v) is 11.7. The molecule has 4 aromatic rings. The van der Waals surface area contributed by atoms with E-state index >= 15 is 0 Å². The zero-order valence-corrected chi connectivity index (χ0v) is 20.2. The fourth-order valence-electron chi connectivity index (χ4n) is 3.92. The number of phenolic OH excluding ortho intramolecular Hbond substituents is 1. The second-order valence-corrected chi connectivity index (χ2v) is 8.48. The van der Waals surface area contributed by atoms with Crippen LogP contribution in [0.2, 0.25) is 5.02 Å². The average molecular weight is 501 g/mol. The molecule has 7 nitrogen and oxygen atoms in total. The van der Waals surface area contributed by atoms with E-state index < -0.39 is 5.91 Å². The molecule has 4 aromatic carbocycles. The van der Waals surface area contributed by atoms with Gasteiger partial charge in [0, 0.05) is 29.9 Å². The lowest BCUT2D eigenvalue weighted by atomic mass is 9.97. The molecule has 0 aliphatic rings. The van der Waals surface area contributed by atoms with E-state index in [2.05, 4.69) is 10.5 Å². The second-order valence-electron chi connectivity index (χ2n) is 8.07. The van der Waals surface area contributed by atoms with Crippen molar-refractivity contribution in [1.29, 1.82) is 0 Å². The highest BCUT2D eigenvalue weighted by atomic mass is 35.5. The summed E-state index contributed by atoms with van der Waals surface area (Å²) in [5.41, 5.74) is 11.0. The molecule has 0 fully saturated rings.